The zero-order valence-corrected chi connectivity index (χ0v) is 15.9. The second-order valence-electron chi connectivity index (χ2n) is 6.48. The molecule has 0 saturated carbocycles. The van der Waals surface area contributed by atoms with Crippen molar-refractivity contribution in [2.24, 2.45) is 20.5 Å². The molecule has 0 unspecified atom stereocenters. The third-order valence-electron chi connectivity index (χ3n) is 4.34. The summed E-state index contributed by atoms with van der Waals surface area (Å²) in [6.45, 7) is 0. The van der Waals surface area contributed by atoms with E-state index in [2.05, 4.69) is 20.5 Å². The Labute approximate surface area is 173 Å². The maximum absolute atomic E-state index is 10.3. The van der Waals surface area contributed by atoms with E-state index in [0.29, 0.717) is 22.7 Å². The van der Waals surface area contributed by atoms with Crippen LogP contribution in [0.2, 0.25) is 0 Å². The second-order valence-corrected chi connectivity index (χ2v) is 6.48. The van der Waals surface area contributed by atoms with Crippen molar-refractivity contribution in [1.29, 1.82) is 0 Å². The molecule has 0 saturated heterocycles. The van der Waals surface area contributed by atoms with Gasteiger partial charge in [0.15, 0.2) is 0 Å². The number of benzene rings is 4. The SMILES string of the molecule is Oc1cc(-c2ccc(/N=N/c3ccccc3)c(O)c2)ccc1N=Nc1ccccc1. The molecule has 0 atom stereocenters. The highest BCUT2D eigenvalue weighted by atomic mass is 16.3. The largest absolute Gasteiger partial charge is 0.506 e. The van der Waals surface area contributed by atoms with E-state index >= 15 is 0 Å². The van der Waals surface area contributed by atoms with Crippen molar-refractivity contribution >= 4 is 22.7 Å². The lowest BCUT2D eigenvalue weighted by molar-refractivity contribution is 0.475. The molecule has 0 aliphatic rings. The smallest absolute Gasteiger partial charge is 0.143 e. The minimum atomic E-state index is -0.000451. The molecular weight excluding hydrogens is 376 g/mol. The first kappa shape index (κ1) is 19.0. The Hall–Kier alpha value is -4.32. The van der Waals surface area contributed by atoms with E-state index in [1.165, 1.54) is 0 Å². The second kappa shape index (κ2) is 8.79. The topological polar surface area (TPSA) is 89.9 Å². The molecule has 4 aromatic rings. The standard InChI is InChI=1S/C24H18N4O2/c29-23-15-17(11-13-21(23)27-25-19-7-3-1-4-8-19)18-12-14-22(24(30)16-18)28-26-20-9-5-2-6-10-20/h1-16,29-30H/b27-25+,28-26?. The van der Waals surface area contributed by atoms with Gasteiger partial charge in [-0.1, -0.05) is 48.5 Å². The number of nitrogens with zero attached hydrogens (tertiary/aromatic N) is 4. The van der Waals surface area contributed by atoms with Gasteiger partial charge in [0.1, 0.15) is 22.9 Å². The van der Waals surface area contributed by atoms with Crippen molar-refractivity contribution in [2.75, 3.05) is 0 Å². The molecule has 6 heteroatoms. The Kier molecular flexibility index (Phi) is 5.57. The van der Waals surface area contributed by atoms with Crippen LogP contribution in [0.1, 0.15) is 0 Å². The molecule has 30 heavy (non-hydrogen) atoms. The highest BCUT2D eigenvalue weighted by Gasteiger charge is 2.07. The molecule has 0 heterocycles. The van der Waals surface area contributed by atoms with Crippen LogP contribution in [0.15, 0.2) is 118 Å². The first-order valence-electron chi connectivity index (χ1n) is 9.29. The fourth-order valence-corrected chi connectivity index (χ4v) is 2.79. The Bertz CT molecular complexity index is 1110. The molecule has 6 nitrogen and oxygen atoms in total. The van der Waals surface area contributed by atoms with Crippen LogP contribution in [0.4, 0.5) is 22.7 Å². The molecule has 0 aliphatic carbocycles. The lowest BCUT2D eigenvalue weighted by atomic mass is 10.0. The minimum Gasteiger partial charge on any atom is -0.506 e. The van der Waals surface area contributed by atoms with Crippen molar-refractivity contribution in [3.8, 4) is 22.6 Å². The van der Waals surface area contributed by atoms with Crippen molar-refractivity contribution in [1.82, 2.24) is 0 Å². The van der Waals surface area contributed by atoms with Gasteiger partial charge in [-0.15, -0.1) is 10.2 Å². The van der Waals surface area contributed by atoms with Gasteiger partial charge in [-0.3, -0.25) is 0 Å². The summed E-state index contributed by atoms with van der Waals surface area (Å²) in [5.41, 5.74) is 3.58. The molecule has 2 N–H and O–H groups in total. The average Bonchev–Trinajstić information content (AvgIpc) is 2.79. The number of phenolic OH excluding ortho intramolecular Hbond substituents is 2. The van der Waals surface area contributed by atoms with Crippen molar-refractivity contribution in [2.45, 2.75) is 0 Å². The summed E-state index contributed by atoms with van der Waals surface area (Å²) in [6, 6.07) is 28.7. The van der Waals surface area contributed by atoms with Crippen LogP contribution in [0, 0.1) is 0 Å². The number of azo groups is 2. The van der Waals surface area contributed by atoms with Crippen LogP contribution in [0.5, 0.6) is 11.5 Å². The van der Waals surface area contributed by atoms with Crippen molar-refractivity contribution in [3.63, 3.8) is 0 Å². The van der Waals surface area contributed by atoms with Crippen LogP contribution in [0.3, 0.4) is 0 Å². The monoisotopic (exact) mass is 394 g/mol. The number of hydrogen-bond acceptors (Lipinski definition) is 6. The fraction of sp³-hybridized carbons (Fsp3) is 0. The number of hydrogen-bond donors (Lipinski definition) is 2. The van der Waals surface area contributed by atoms with Crippen molar-refractivity contribution in [3.05, 3.63) is 97.1 Å². The predicted molar refractivity (Wildman–Crippen MR) is 116 cm³/mol. The van der Waals surface area contributed by atoms with Gasteiger partial charge >= 0.3 is 0 Å². The van der Waals surface area contributed by atoms with Crippen LogP contribution in [0.25, 0.3) is 11.1 Å². The Morgan fingerprint density at radius 3 is 1.20 bits per heavy atom. The van der Waals surface area contributed by atoms with E-state index in [1.807, 2.05) is 60.7 Å². The summed E-state index contributed by atoms with van der Waals surface area (Å²) in [4.78, 5) is 0. The molecule has 0 bridgehead atoms. The van der Waals surface area contributed by atoms with Crippen LogP contribution in [-0.2, 0) is 0 Å². The summed E-state index contributed by atoms with van der Waals surface area (Å²) >= 11 is 0. The molecule has 4 rings (SSSR count). The Balaban J connectivity index is 1.54. The summed E-state index contributed by atoms with van der Waals surface area (Å²) < 4.78 is 0. The van der Waals surface area contributed by atoms with Gasteiger partial charge < -0.3 is 10.2 Å². The quantitative estimate of drug-likeness (QED) is 0.341. The third kappa shape index (κ3) is 4.56. The molecule has 0 aromatic heterocycles. The predicted octanol–water partition coefficient (Wildman–Crippen LogP) is 7.60. The molecule has 0 amide bonds. The third-order valence-corrected chi connectivity index (χ3v) is 4.34. The van der Waals surface area contributed by atoms with E-state index < -0.39 is 0 Å². The number of rotatable bonds is 5. The van der Waals surface area contributed by atoms with E-state index in [9.17, 15) is 10.2 Å². The van der Waals surface area contributed by atoms with Gasteiger partial charge in [-0.2, -0.15) is 10.2 Å². The van der Waals surface area contributed by atoms with Gasteiger partial charge in [0.2, 0.25) is 0 Å². The van der Waals surface area contributed by atoms with Gasteiger partial charge in [-0.05, 0) is 59.7 Å². The van der Waals surface area contributed by atoms with Gasteiger partial charge in [0.05, 0.1) is 11.4 Å². The van der Waals surface area contributed by atoms with Gasteiger partial charge in [0.25, 0.3) is 0 Å². The normalized spacial score (nSPS) is 11.3. The first-order valence-corrected chi connectivity index (χ1v) is 9.29. The number of phenols is 2. The highest BCUT2D eigenvalue weighted by Crippen LogP contribution is 2.36. The summed E-state index contributed by atoms with van der Waals surface area (Å²) in [5.74, 6) is -0.000903. The lowest BCUT2D eigenvalue weighted by Crippen LogP contribution is -1.79. The van der Waals surface area contributed by atoms with E-state index in [-0.39, 0.29) is 11.5 Å². The van der Waals surface area contributed by atoms with E-state index in [0.717, 1.165) is 11.1 Å². The molecule has 0 fully saturated rings. The molecule has 146 valence electrons. The van der Waals surface area contributed by atoms with Crippen LogP contribution >= 0.6 is 0 Å². The van der Waals surface area contributed by atoms with Crippen molar-refractivity contribution < 1.29 is 10.2 Å². The molecule has 0 spiro atoms. The molecule has 4 aromatic carbocycles. The minimum absolute atomic E-state index is 0.000451. The van der Waals surface area contributed by atoms with E-state index in [1.54, 1.807) is 36.4 Å². The zero-order chi connectivity index (χ0) is 20.8. The molecule has 0 aliphatic heterocycles. The van der Waals surface area contributed by atoms with Crippen LogP contribution in [-0.4, -0.2) is 10.2 Å². The first-order chi connectivity index (χ1) is 14.7. The summed E-state index contributed by atoms with van der Waals surface area (Å²) in [5, 5.41) is 37.0. The Morgan fingerprint density at radius 1 is 0.433 bits per heavy atom. The molecule has 0 radical (unpaired) electrons. The van der Waals surface area contributed by atoms with Crippen LogP contribution < -0.4 is 0 Å². The summed E-state index contributed by atoms with van der Waals surface area (Å²) in [6.07, 6.45) is 0. The number of aromatic hydroxyl groups is 2. The average molecular weight is 394 g/mol. The Morgan fingerprint density at radius 2 is 0.833 bits per heavy atom. The van der Waals surface area contributed by atoms with Gasteiger partial charge in [-0.25, -0.2) is 0 Å². The fourth-order valence-electron chi connectivity index (χ4n) is 2.79. The maximum atomic E-state index is 10.3. The summed E-state index contributed by atoms with van der Waals surface area (Å²) in [7, 11) is 0. The maximum Gasteiger partial charge on any atom is 0.143 e. The highest BCUT2D eigenvalue weighted by molar-refractivity contribution is 5.72. The molecular formula is C24H18N4O2. The van der Waals surface area contributed by atoms with Gasteiger partial charge in [0, 0.05) is 0 Å². The zero-order valence-electron chi connectivity index (χ0n) is 15.9. The van der Waals surface area contributed by atoms with E-state index in [4.69, 9.17) is 0 Å². The lowest BCUT2D eigenvalue weighted by Gasteiger charge is -2.06.